The molecule has 128 valence electrons. The number of carbonyl (C=O) groups excluding carboxylic acids is 2. The number of fused-ring (bicyclic) bond motifs is 1. The number of nitriles is 1. The molecule has 3 rings (SSSR count). The number of anilines is 1. The van der Waals surface area contributed by atoms with Gasteiger partial charge in [0.05, 0.1) is 31.7 Å². The Kier molecular flexibility index (Phi) is 5.17. The second-order valence-electron chi connectivity index (χ2n) is 6.45. The number of hydrogen-bond donors (Lipinski definition) is 2. The summed E-state index contributed by atoms with van der Waals surface area (Å²) in [7, 11) is 1.42. The summed E-state index contributed by atoms with van der Waals surface area (Å²) in [5.74, 6) is -0.240. The van der Waals surface area contributed by atoms with Gasteiger partial charge in [0, 0.05) is 17.7 Å². The molecule has 0 radical (unpaired) electrons. The average molecular weight is 348 g/mol. The number of hydrogen-bond acceptors (Lipinski definition) is 5. The molecule has 6 nitrogen and oxygen atoms in total. The Bertz CT molecular complexity index is 684. The molecule has 7 heteroatoms. The summed E-state index contributed by atoms with van der Waals surface area (Å²) in [4.78, 5) is 26.3. The minimum absolute atomic E-state index is 0.0349. The van der Waals surface area contributed by atoms with Gasteiger partial charge in [0.25, 0.3) is 5.91 Å². The minimum Gasteiger partial charge on any atom is -0.469 e. The zero-order valence-corrected chi connectivity index (χ0v) is 14.6. The van der Waals surface area contributed by atoms with E-state index in [0.717, 1.165) is 50.8 Å². The Labute approximate surface area is 145 Å². The Morgan fingerprint density at radius 3 is 2.79 bits per heavy atom. The Morgan fingerprint density at radius 1 is 1.38 bits per heavy atom. The number of quaternary nitrogens is 1. The number of esters is 1. The number of nitrogens with one attached hydrogen (secondary N) is 2. The van der Waals surface area contributed by atoms with Crippen LogP contribution in [0.15, 0.2) is 0 Å². The van der Waals surface area contributed by atoms with Gasteiger partial charge in [0.1, 0.15) is 11.1 Å². The summed E-state index contributed by atoms with van der Waals surface area (Å²) >= 11 is 1.55. The predicted molar refractivity (Wildman–Crippen MR) is 90.0 cm³/mol. The molecule has 2 heterocycles. The highest BCUT2D eigenvalue weighted by Crippen LogP contribution is 2.38. The van der Waals surface area contributed by atoms with Gasteiger partial charge in [-0.15, -0.1) is 11.3 Å². The number of likely N-dealkylation sites (tertiary alicyclic amines) is 1. The van der Waals surface area contributed by atoms with Crippen molar-refractivity contribution in [3.63, 3.8) is 0 Å². The lowest BCUT2D eigenvalue weighted by molar-refractivity contribution is -0.897. The lowest BCUT2D eigenvalue weighted by Crippen LogP contribution is -3.14. The van der Waals surface area contributed by atoms with Gasteiger partial charge < -0.3 is 15.0 Å². The summed E-state index contributed by atoms with van der Waals surface area (Å²) in [5, 5.41) is 13.0. The molecule has 0 bridgehead atoms. The molecule has 1 aromatic rings. The van der Waals surface area contributed by atoms with E-state index in [0.29, 0.717) is 17.1 Å². The van der Waals surface area contributed by atoms with Crippen LogP contribution in [-0.2, 0) is 27.2 Å². The zero-order valence-electron chi connectivity index (χ0n) is 13.8. The summed E-state index contributed by atoms with van der Waals surface area (Å²) in [6, 6.07) is 2.25. The third-order valence-corrected chi connectivity index (χ3v) is 6.13. The predicted octanol–water partition coefficient (Wildman–Crippen LogP) is 0.515. The molecule has 2 aliphatic rings. The first kappa shape index (κ1) is 16.9. The van der Waals surface area contributed by atoms with E-state index in [1.807, 2.05) is 0 Å². The van der Waals surface area contributed by atoms with Crippen molar-refractivity contribution in [2.75, 3.05) is 32.1 Å². The number of methoxy groups -OCH3 is 1. The SMILES string of the molecule is COC(=O)C1CC[NH+](CC(=O)Nc2sc3c(c2C#N)CCC3)CC1. The van der Waals surface area contributed by atoms with E-state index in [9.17, 15) is 14.9 Å². The van der Waals surface area contributed by atoms with E-state index in [1.54, 1.807) is 11.3 Å². The van der Waals surface area contributed by atoms with Gasteiger partial charge >= 0.3 is 5.97 Å². The first-order valence-corrected chi connectivity index (χ1v) is 9.20. The van der Waals surface area contributed by atoms with Crippen molar-refractivity contribution in [1.82, 2.24) is 0 Å². The van der Waals surface area contributed by atoms with Gasteiger partial charge in [-0.1, -0.05) is 0 Å². The van der Waals surface area contributed by atoms with Gasteiger partial charge in [0.15, 0.2) is 6.54 Å². The van der Waals surface area contributed by atoms with E-state index in [2.05, 4.69) is 11.4 Å². The van der Waals surface area contributed by atoms with Crippen molar-refractivity contribution >= 4 is 28.2 Å². The van der Waals surface area contributed by atoms with Crippen LogP contribution in [0.4, 0.5) is 5.00 Å². The normalized spacial score (nSPS) is 22.5. The van der Waals surface area contributed by atoms with Crippen LogP contribution in [0.5, 0.6) is 0 Å². The lowest BCUT2D eigenvalue weighted by atomic mass is 9.97. The molecule has 0 atom stereocenters. The highest BCUT2D eigenvalue weighted by molar-refractivity contribution is 7.16. The highest BCUT2D eigenvalue weighted by Gasteiger charge is 2.29. The van der Waals surface area contributed by atoms with Crippen LogP contribution in [0.3, 0.4) is 0 Å². The maximum atomic E-state index is 12.3. The van der Waals surface area contributed by atoms with Crippen LogP contribution in [-0.4, -0.2) is 38.6 Å². The van der Waals surface area contributed by atoms with Gasteiger partial charge in [-0.3, -0.25) is 9.59 Å². The van der Waals surface area contributed by atoms with Crippen LogP contribution in [0.2, 0.25) is 0 Å². The average Bonchev–Trinajstić information content (AvgIpc) is 3.15. The van der Waals surface area contributed by atoms with E-state index >= 15 is 0 Å². The van der Waals surface area contributed by atoms with Crippen molar-refractivity contribution in [2.24, 2.45) is 5.92 Å². The third kappa shape index (κ3) is 3.45. The summed E-state index contributed by atoms with van der Waals surface area (Å²) < 4.78 is 4.78. The van der Waals surface area contributed by atoms with E-state index in [1.165, 1.54) is 16.9 Å². The van der Waals surface area contributed by atoms with E-state index in [-0.39, 0.29) is 17.8 Å². The number of piperidine rings is 1. The molecule has 1 aliphatic heterocycles. The fourth-order valence-electron chi connectivity index (χ4n) is 3.61. The van der Waals surface area contributed by atoms with Crippen molar-refractivity contribution < 1.29 is 19.2 Å². The molecular formula is C17H22N3O3S+. The molecule has 1 aromatic heterocycles. The molecule has 1 aliphatic carbocycles. The van der Waals surface area contributed by atoms with Crippen LogP contribution in [0.1, 0.15) is 35.3 Å². The third-order valence-electron chi connectivity index (χ3n) is 4.92. The number of ether oxygens (including phenoxy) is 1. The molecule has 1 saturated heterocycles. The molecule has 1 fully saturated rings. The van der Waals surface area contributed by atoms with Crippen molar-refractivity contribution in [2.45, 2.75) is 32.1 Å². The van der Waals surface area contributed by atoms with E-state index < -0.39 is 0 Å². The molecular weight excluding hydrogens is 326 g/mol. The molecule has 0 aromatic carbocycles. The molecule has 24 heavy (non-hydrogen) atoms. The van der Waals surface area contributed by atoms with Gasteiger partial charge in [0.2, 0.25) is 0 Å². The van der Waals surface area contributed by atoms with Crippen LogP contribution in [0, 0.1) is 17.2 Å². The van der Waals surface area contributed by atoms with E-state index in [4.69, 9.17) is 4.74 Å². The number of rotatable bonds is 4. The molecule has 0 saturated carbocycles. The quantitative estimate of drug-likeness (QED) is 0.777. The molecule has 0 spiro atoms. The highest BCUT2D eigenvalue weighted by atomic mass is 32.1. The maximum absolute atomic E-state index is 12.3. The Morgan fingerprint density at radius 2 is 2.12 bits per heavy atom. The number of amides is 1. The largest absolute Gasteiger partial charge is 0.469 e. The Balaban J connectivity index is 1.54. The van der Waals surface area contributed by atoms with Crippen molar-refractivity contribution in [1.29, 1.82) is 5.26 Å². The molecule has 1 amide bonds. The molecule has 0 unspecified atom stereocenters. The number of nitrogens with zero attached hydrogens (tertiary/aromatic N) is 1. The van der Waals surface area contributed by atoms with Gasteiger partial charge in [-0.25, -0.2) is 0 Å². The van der Waals surface area contributed by atoms with Crippen molar-refractivity contribution in [3.05, 3.63) is 16.0 Å². The summed E-state index contributed by atoms with van der Waals surface area (Å²) in [5.41, 5.74) is 1.78. The maximum Gasteiger partial charge on any atom is 0.309 e. The standard InChI is InChI=1S/C17H21N3O3S/c1-23-17(22)11-5-7-20(8-6-11)10-15(21)19-16-13(9-18)12-3-2-4-14(12)24-16/h11H,2-8,10H2,1H3,(H,19,21)/p+1. The second kappa shape index (κ2) is 7.32. The number of thiophene rings is 1. The fraction of sp³-hybridized carbons (Fsp3) is 0.588. The Hall–Kier alpha value is -1.91. The second-order valence-corrected chi connectivity index (χ2v) is 7.55. The smallest absolute Gasteiger partial charge is 0.309 e. The monoisotopic (exact) mass is 348 g/mol. The molecule has 2 N–H and O–H groups in total. The number of aryl methyl sites for hydroxylation is 1. The first-order valence-electron chi connectivity index (χ1n) is 8.38. The lowest BCUT2D eigenvalue weighted by Gasteiger charge is -2.27. The zero-order chi connectivity index (χ0) is 17.1. The van der Waals surface area contributed by atoms with Gasteiger partial charge in [-0.2, -0.15) is 5.26 Å². The summed E-state index contributed by atoms with van der Waals surface area (Å²) in [6.45, 7) is 1.96. The first-order chi connectivity index (χ1) is 11.6. The van der Waals surface area contributed by atoms with Gasteiger partial charge in [-0.05, 0) is 24.8 Å². The van der Waals surface area contributed by atoms with Crippen molar-refractivity contribution in [3.8, 4) is 6.07 Å². The topological polar surface area (TPSA) is 83.6 Å². The number of carbonyl (C=O) groups is 2. The van der Waals surface area contributed by atoms with Crippen LogP contribution >= 0.6 is 11.3 Å². The van der Waals surface area contributed by atoms with Crippen LogP contribution < -0.4 is 10.2 Å². The fourth-order valence-corrected chi connectivity index (χ4v) is 4.87. The van der Waals surface area contributed by atoms with Crippen LogP contribution in [0.25, 0.3) is 0 Å². The summed E-state index contributed by atoms with van der Waals surface area (Å²) in [6.07, 6.45) is 4.56. The minimum atomic E-state index is -0.148.